The van der Waals surface area contributed by atoms with Gasteiger partial charge in [-0.15, -0.1) is 0 Å². The van der Waals surface area contributed by atoms with Crippen molar-refractivity contribution in [3.05, 3.63) is 89.3 Å². The Labute approximate surface area is 226 Å². The number of hydrogen-bond donors (Lipinski definition) is 0. The van der Waals surface area contributed by atoms with Crippen LogP contribution in [0.2, 0.25) is 0 Å². The molecule has 0 bridgehead atoms. The van der Waals surface area contributed by atoms with Gasteiger partial charge in [-0.3, -0.25) is 0 Å². The van der Waals surface area contributed by atoms with Gasteiger partial charge in [0.1, 0.15) is 5.82 Å². The largest absolute Gasteiger partial charge is 0.206 e. The lowest BCUT2D eigenvalue weighted by molar-refractivity contribution is 0.202. The molecule has 0 aromatic heterocycles. The predicted octanol–water partition coefficient (Wildman–Crippen LogP) is 10.8. The van der Waals surface area contributed by atoms with Gasteiger partial charge >= 0.3 is 0 Å². The van der Waals surface area contributed by atoms with E-state index in [0.29, 0.717) is 23.1 Å². The topological polar surface area (TPSA) is 0 Å². The summed E-state index contributed by atoms with van der Waals surface area (Å²) >= 11 is 0. The summed E-state index contributed by atoms with van der Waals surface area (Å²) in [6.45, 7) is 4.40. The molecule has 0 saturated heterocycles. The maximum atomic E-state index is 15.3. The summed E-state index contributed by atoms with van der Waals surface area (Å²) in [7, 11) is 0. The zero-order chi connectivity index (χ0) is 26.6. The number of benzene rings is 3. The summed E-state index contributed by atoms with van der Waals surface area (Å²) in [6.07, 6.45) is 13.2. The molecule has 1 unspecified atom stereocenters. The van der Waals surface area contributed by atoms with Crippen LogP contribution in [0, 0.1) is 35.2 Å². The quantitative estimate of drug-likeness (QED) is 0.293. The monoisotopic (exact) mass is 516 g/mol. The number of allylic oxidation sites excluding steroid dienone is 2. The molecular weight excluding hydrogens is 477 g/mol. The third kappa shape index (κ3) is 5.77. The van der Waals surface area contributed by atoms with Gasteiger partial charge in [0.05, 0.1) is 0 Å². The van der Waals surface area contributed by atoms with Crippen molar-refractivity contribution in [3.63, 3.8) is 0 Å². The molecule has 1 fully saturated rings. The van der Waals surface area contributed by atoms with E-state index in [4.69, 9.17) is 0 Å². The van der Waals surface area contributed by atoms with Gasteiger partial charge in [0.25, 0.3) is 0 Å². The first kappa shape index (κ1) is 26.8. The zero-order valence-corrected chi connectivity index (χ0v) is 22.7. The van der Waals surface area contributed by atoms with Gasteiger partial charge in [-0.05, 0) is 96.6 Å². The maximum absolute atomic E-state index is 15.3. The molecular formula is C35H39F3. The molecule has 2 aliphatic carbocycles. The van der Waals surface area contributed by atoms with E-state index in [-0.39, 0.29) is 11.4 Å². The van der Waals surface area contributed by atoms with Crippen molar-refractivity contribution in [1.82, 2.24) is 0 Å². The summed E-state index contributed by atoms with van der Waals surface area (Å²) in [5.41, 5.74) is 4.76. The lowest BCUT2D eigenvalue weighted by Gasteiger charge is -2.34. The molecule has 200 valence electrons. The number of unbranched alkanes of at least 4 members (excludes halogenated alkanes) is 1. The van der Waals surface area contributed by atoms with Crippen LogP contribution in [-0.4, -0.2) is 0 Å². The highest BCUT2D eigenvalue weighted by Crippen LogP contribution is 2.41. The third-order valence-corrected chi connectivity index (χ3v) is 8.98. The fourth-order valence-electron chi connectivity index (χ4n) is 6.45. The molecule has 3 aromatic rings. The highest BCUT2D eigenvalue weighted by atomic mass is 19.2. The van der Waals surface area contributed by atoms with Crippen molar-refractivity contribution in [2.24, 2.45) is 17.8 Å². The average Bonchev–Trinajstić information content (AvgIpc) is 2.94. The van der Waals surface area contributed by atoms with Crippen LogP contribution in [0.1, 0.15) is 82.8 Å². The normalized spacial score (nSPS) is 21.8. The van der Waals surface area contributed by atoms with Crippen LogP contribution in [0.25, 0.3) is 27.8 Å². The first-order chi connectivity index (χ1) is 18.4. The van der Waals surface area contributed by atoms with Crippen LogP contribution in [0.5, 0.6) is 0 Å². The molecule has 0 N–H and O–H groups in total. The Morgan fingerprint density at radius 1 is 0.711 bits per heavy atom. The van der Waals surface area contributed by atoms with Gasteiger partial charge in [0.2, 0.25) is 0 Å². The summed E-state index contributed by atoms with van der Waals surface area (Å²) < 4.78 is 44.6. The Morgan fingerprint density at radius 3 is 2.05 bits per heavy atom. The minimum Gasteiger partial charge on any atom is -0.206 e. The molecule has 38 heavy (non-hydrogen) atoms. The molecule has 0 heterocycles. The average molecular weight is 517 g/mol. The standard InChI is InChI=1S/C35H39F3/c1-3-4-5-29-18-21-32(35(38)34(29)37)28-16-12-26(13-17-28)30-19-20-31(33(36)22-30)27-14-10-25(11-15-27)24-8-6-23(2)7-9-24/h12-14,16-25H,3-11,15H2,1-2H3. The van der Waals surface area contributed by atoms with E-state index in [1.165, 1.54) is 25.7 Å². The van der Waals surface area contributed by atoms with Gasteiger partial charge in [-0.25, -0.2) is 13.2 Å². The number of hydrogen-bond acceptors (Lipinski definition) is 0. The Balaban J connectivity index is 1.28. The van der Waals surface area contributed by atoms with Crippen molar-refractivity contribution in [1.29, 1.82) is 0 Å². The van der Waals surface area contributed by atoms with E-state index in [1.807, 2.05) is 31.2 Å². The van der Waals surface area contributed by atoms with Crippen LogP contribution in [0.3, 0.4) is 0 Å². The number of aryl methyl sites for hydroxylation is 1. The molecule has 0 radical (unpaired) electrons. The third-order valence-electron chi connectivity index (χ3n) is 8.98. The molecule has 2 aliphatic rings. The van der Waals surface area contributed by atoms with Crippen molar-refractivity contribution in [2.75, 3.05) is 0 Å². The molecule has 0 aliphatic heterocycles. The Kier molecular flexibility index (Phi) is 8.41. The van der Waals surface area contributed by atoms with E-state index >= 15 is 4.39 Å². The fraction of sp³-hybridized carbons (Fsp3) is 0.429. The minimum atomic E-state index is -0.803. The maximum Gasteiger partial charge on any atom is 0.166 e. The first-order valence-electron chi connectivity index (χ1n) is 14.5. The van der Waals surface area contributed by atoms with Crippen LogP contribution < -0.4 is 0 Å². The second-order valence-corrected chi connectivity index (χ2v) is 11.6. The molecule has 3 aromatic carbocycles. The van der Waals surface area contributed by atoms with E-state index in [0.717, 1.165) is 66.6 Å². The summed E-state index contributed by atoms with van der Waals surface area (Å²) in [4.78, 5) is 0. The van der Waals surface area contributed by atoms with Crippen molar-refractivity contribution >= 4 is 5.57 Å². The van der Waals surface area contributed by atoms with E-state index in [2.05, 4.69) is 13.0 Å². The molecule has 0 nitrogen and oxygen atoms in total. The highest BCUT2D eigenvalue weighted by molar-refractivity contribution is 5.74. The van der Waals surface area contributed by atoms with Gasteiger partial charge in [-0.1, -0.05) is 87.7 Å². The van der Waals surface area contributed by atoms with Crippen LogP contribution in [-0.2, 0) is 6.42 Å². The molecule has 0 spiro atoms. The number of halogens is 3. The van der Waals surface area contributed by atoms with Gasteiger partial charge in [-0.2, -0.15) is 0 Å². The SMILES string of the molecule is CCCCc1ccc(-c2ccc(-c3ccc(C4=CCC(C5CCC(C)CC5)CC4)c(F)c3)cc2)c(F)c1F. The predicted molar refractivity (Wildman–Crippen MR) is 152 cm³/mol. The molecule has 5 rings (SSSR count). The molecule has 3 heteroatoms. The minimum absolute atomic E-state index is 0.196. The fourth-order valence-corrected chi connectivity index (χ4v) is 6.45. The van der Waals surface area contributed by atoms with E-state index < -0.39 is 11.6 Å². The Bertz CT molecular complexity index is 1280. The second kappa shape index (κ2) is 11.9. The molecule has 1 atom stereocenters. The van der Waals surface area contributed by atoms with Crippen molar-refractivity contribution in [2.45, 2.75) is 78.1 Å². The van der Waals surface area contributed by atoms with Crippen molar-refractivity contribution in [3.8, 4) is 22.3 Å². The Hall–Kier alpha value is -2.81. The van der Waals surface area contributed by atoms with Crippen LogP contribution in [0.15, 0.2) is 60.7 Å². The number of rotatable bonds is 7. The van der Waals surface area contributed by atoms with Gasteiger partial charge < -0.3 is 0 Å². The smallest absolute Gasteiger partial charge is 0.166 e. The van der Waals surface area contributed by atoms with E-state index in [9.17, 15) is 8.78 Å². The summed E-state index contributed by atoms with van der Waals surface area (Å²) in [6, 6.07) is 16.1. The zero-order valence-electron chi connectivity index (χ0n) is 22.7. The van der Waals surface area contributed by atoms with E-state index in [1.54, 1.807) is 30.3 Å². The first-order valence-corrected chi connectivity index (χ1v) is 14.5. The second-order valence-electron chi connectivity index (χ2n) is 11.6. The molecule has 1 saturated carbocycles. The van der Waals surface area contributed by atoms with Crippen LogP contribution >= 0.6 is 0 Å². The lowest BCUT2D eigenvalue weighted by atomic mass is 9.71. The highest BCUT2D eigenvalue weighted by Gasteiger charge is 2.28. The molecule has 0 amide bonds. The summed E-state index contributed by atoms with van der Waals surface area (Å²) in [5, 5.41) is 0. The van der Waals surface area contributed by atoms with Gasteiger partial charge in [0, 0.05) is 11.1 Å². The van der Waals surface area contributed by atoms with Gasteiger partial charge in [0.15, 0.2) is 11.6 Å². The lowest BCUT2D eigenvalue weighted by Crippen LogP contribution is -2.22. The summed E-state index contributed by atoms with van der Waals surface area (Å²) in [5.74, 6) is 0.701. The van der Waals surface area contributed by atoms with Crippen LogP contribution in [0.4, 0.5) is 13.2 Å². The Morgan fingerprint density at radius 2 is 1.39 bits per heavy atom. The van der Waals surface area contributed by atoms with Crippen molar-refractivity contribution < 1.29 is 13.2 Å².